The molecule has 6 nitrogen and oxygen atoms in total. The minimum absolute atomic E-state index is 0.229. The topological polar surface area (TPSA) is 79.8 Å². The number of hydrazone groups is 1. The summed E-state index contributed by atoms with van der Waals surface area (Å²) in [6.45, 7) is -0.229. The number of hydrogen-bond donors (Lipinski definition) is 2. The molecule has 0 aromatic heterocycles. The zero-order valence-corrected chi connectivity index (χ0v) is 19.3. The number of hydrogen-bond acceptors (Lipinski definition) is 4. The van der Waals surface area contributed by atoms with Crippen molar-refractivity contribution in [2.24, 2.45) is 5.10 Å². The molecular formula is C26H19Cl2N3O3. The summed E-state index contributed by atoms with van der Waals surface area (Å²) in [4.78, 5) is 24.9. The van der Waals surface area contributed by atoms with Gasteiger partial charge in [0.05, 0.1) is 16.3 Å². The van der Waals surface area contributed by atoms with Crippen LogP contribution >= 0.6 is 23.2 Å². The van der Waals surface area contributed by atoms with Gasteiger partial charge < -0.3 is 10.1 Å². The molecule has 2 amide bonds. The van der Waals surface area contributed by atoms with Crippen LogP contribution in [-0.4, -0.2) is 24.6 Å². The van der Waals surface area contributed by atoms with Crippen LogP contribution in [0, 0.1) is 0 Å². The quantitative estimate of drug-likeness (QED) is 0.248. The van der Waals surface area contributed by atoms with Crippen LogP contribution in [0.25, 0.3) is 10.8 Å². The zero-order chi connectivity index (χ0) is 23.9. The summed E-state index contributed by atoms with van der Waals surface area (Å²) in [5.74, 6) is -0.253. The van der Waals surface area contributed by atoms with Crippen molar-refractivity contribution < 1.29 is 14.3 Å². The molecule has 34 heavy (non-hydrogen) atoms. The number of benzene rings is 4. The molecule has 0 heterocycles. The van der Waals surface area contributed by atoms with Gasteiger partial charge in [-0.25, -0.2) is 5.43 Å². The Morgan fingerprint density at radius 1 is 0.882 bits per heavy atom. The summed E-state index contributed by atoms with van der Waals surface area (Å²) in [6, 6.07) is 25.0. The monoisotopic (exact) mass is 491 g/mol. The van der Waals surface area contributed by atoms with E-state index in [1.165, 1.54) is 6.21 Å². The van der Waals surface area contributed by atoms with Crippen LogP contribution in [0.3, 0.4) is 0 Å². The average Bonchev–Trinajstić information content (AvgIpc) is 2.85. The van der Waals surface area contributed by atoms with E-state index in [0.717, 1.165) is 10.8 Å². The Kier molecular flexibility index (Phi) is 7.42. The van der Waals surface area contributed by atoms with Crippen LogP contribution in [0.5, 0.6) is 5.75 Å². The van der Waals surface area contributed by atoms with Gasteiger partial charge in [0.1, 0.15) is 5.75 Å². The molecule has 0 radical (unpaired) electrons. The van der Waals surface area contributed by atoms with Gasteiger partial charge in [-0.3, -0.25) is 9.59 Å². The number of ether oxygens (including phenoxy) is 1. The van der Waals surface area contributed by atoms with E-state index in [1.807, 2.05) is 36.4 Å². The van der Waals surface area contributed by atoms with Gasteiger partial charge in [-0.15, -0.1) is 0 Å². The Hall–Kier alpha value is -3.87. The van der Waals surface area contributed by atoms with E-state index < -0.39 is 0 Å². The van der Waals surface area contributed by atoms with Crippen LogP contribution < -0.4 is 15.5 Å². The Morgan fingerprint density at radius 2 is 1.65 bits per heavy atom. The van der Waals surface area contributed by atoms with Crippen molar-refractivity contribution in [1.29, 1.82) is 0 Å². The smallest absolute Gasteiger partial charge is 0.271 e. The fourth-order valence-corrected chi connectivity index (χ4v) is 3.58. The molecule has 4 rings (SSSR count). The van der Waals surface area contributed by atoms with Crippen molar-refractivity contribution in [3.05, 3.63) is 106 Å². The van der Waals surface area contributed by atoms with Crippen molar-refractivity contribution in [2.75, 3.05) is 11.9 Å². The Morgan fingerprint density at radius 3 is 2.50 bits per heavy atom. The van der Waals surface area contributed by atoms with Crippen LogP contribution in [-0.2, 0) is 4.79 Å². The van der Waals surface area contributed by atoms with E-state index in [2.05, 4.69) is 15.8 Å². The molecular weight excluding hydrogens is 473 g/mol. The third-order valence-electron chi connectivity index (χ3n) is 4.89. The lowest BCUT2D eigenvalue weighted by molar-refractivity contribution is -0.118. The second-order valence-corrected chi connectivity index (χ2v) is 8.04. The molecule has 0 aliphatic carbocycles. The van der Waals surface area contributed by atoms with Gasteiger partial charge >= 0.3 is 0 Å². The summed E-state index contributed by atoms with van der Waals surface area (Å²) in [5.41, 5.74) is 4.18. The second-order valence-electron chi connectivity index (χ2n) is 7.23. The molecule has 4 aromatic rings. The number of nitrogens with zero attached hydrogens (tertiary/aromatic N) is 1. The number of halogens is 2. The molecule has 0 spiro atoms. The lowest BCUT2D eigenvalue weighted by Gasteiger charge is -2.10. The summed E-state index contributed by atoms with van der Waals surface area (Å²) >= 11 is 11.9. The van der Waals surface area contributed by atoms with E-state index in [-0.39, 0.29) is 18.4 Å². The van der Waals surface area contributed by atoms with Crippen LogP contribution in [0.4, 0.5) is 5.69 Å². The first kappa shape index (κ1) is 23.3. The number of fused-ring (bicyclic) bond motifs is 1. The fourth-order valence-electron chi connectivity index (χ4n) is 3.28. The van der Waals surface area contributed by atoms with E-state index in [1.54, 1.807) is 48.5 Å². The number of nitrogens with one attached hydrogen (secondary N) is 2. The highest BCUT2D eigenvalue weighted by molar-refractivity contribution is 6.42. The number of carbonyl (C=O) groups is 2. The fraction of sp³-hybridized carbons (Fsp3) is 0.0385. The lowest BCUT2D eigenvalue weighted by atomic mass is 10.0. The van der Waals surface area contributed by atoms with Gasteiger partial charge in [0.25, 0.3) is 11.8 Å². The summed E-state index contributed by atoms with van der Waals surface area (Å²) in [5, 5.41) is 9.31. The maximum absolute atomic E-state index is 12.6. The maximum atomic E-state index is 12.6. The predicted molar refractivity (Wildman–Crippen MR) is 136 cm³/mol. The van der Waals surface area contributed by atoms with Crippen molar-refractivity contribution in [3.63, 3.8) is 0 Å². The second kappa shape index (κ2) is 10.8. The van der Waals surface area contributed by atoms with Crippen molar-refractivity contribution in [2.45, 2.75) is 0 Å². The first-order valence-corrected chi connectivity index (χ1v) is 11.0. The third kappa shape index (κ3) is 5.73. The van der Waals surface area contributed by atoms with Crippen molar-refractivity contribution >= 4 is 57.7 Å². The van der Waals surface area contributed by atoms with Crippen LogP contribution in [0.1, 0.15) is 15.9 Å². The number of amides is 2. The van der Waals surface area contributed by atoms with Crippen LogP contribution in [0.2, 0.25) is 10.0 Å². The van der Waals surface area contributed by atoms with E-state index in [9.17, 15) is 9.59 Å². The van der Waals surface area contributed by atoms with E-state index in [0.29, 0.717) is 32.6 Å². The van der Waals surface area contributed by atoms with Gasteiger partial charge in [0.15, 0.2) is 6.61 Å². The molecule has 0 saturated carbocycles. The molecule has 2 N–H and O–H groups in total. The molecule has 0 bridgehead atoms. The molecule has 4 aromatic carbocycles. The Labute approximate surface area is 206 Å². The lowest BCUT2D eigenvalue weighted by Crippen LogP contribution is -2.20. The normalized spacial score (nSPS) is 10.9. The molecule has 0 atom stereocenters. The van der Waals surface area contributed by atoms with Gasteiger partial charge in [-0.05, 0) is 47.2 Å². The molecule has 0 aliphatic heterocycles. The number of carbonyl (C=O) groups excluding carboxylic acids is 2. The predicted octanol–water partition coefficient (Wildman–Crippen LogP) is 5.93. The molecule has 8 heteroatoms. The largest absolute Gasteiger partial charge is 0.483 e. The summed E-state index contributed by atoms with van der Waals surface area (Å²) < 4.78 is 5.65. The van der Waals surface area contributed by atoms with Gasteiger partial charge in [0, 0.05) is 16.8 Å². The van der Waals surface area contributed by atoms with Gasteiger partial charge in [-0.2, -0.15) is 5.10 Å². The molecule has 0 saturated heterocycles. The van der Waals surface area contributed by atoms with Gasteiger partial charge in [0.2, 0.25) is 0 Å². The number of para-hydroxylation sites is 1. The minimum Gasteiger partial charge on any atom is -0.483 e. The van der Waals surface area contributed by atoms with Crippen LogP contribution in [0.15, 0.2) is 90.0 Å². The first-order valence-electron chi connectivity index (χ1n) is 10.3. The molecule has 0 aliphatic rings. The summed E-state index contributed by atoms with van der Waals surface area (Å²) in [7, 11) is 0. The van der Waals surface area contributed by atoms with E-state index in [4.69, 9.17) is 27.9 Å². The minimum atomic E-state index is -0.366. The Bertz CT molecular complexity index is 1380. The molecule has 170 valence electrons. The maximum Gasteiger partial charge on any atom is 0.271 e. The highest BCUT2D eigenvalue weighted by atomic mass is 35.5. The van der Waals surface area contributed by atoms with Gasteiger partial charge in [-0.1, -0.05) is 71.7 Å². The van der Waals surface area contributed by atoms with Crippen molar-refractivity contribution in [1.82, 2.24) is 5.43 Å². The zero-order valence-electron chi connectivity index (χ0n) is 17.8. The third-order valence-corrected chi connectivity index (χ3v) is 5.62. The highest BCUT2D eigenvalue weighted by Gasteiger charge is 2.10. The van der Waals surface area contributed by atoms with E-state index >= 15 is 0 Å². The highest BCUT2D eigenvalue weighted by Crippen LogP contribution is 2.25. The Balaban J connectivity index is 1.38. The number of rotatable bonds is 7. The number of anilines is 1. The summed E-state index contributed by atoms with van der Waals surface area (Å²) in [6.07, 6.45) is 1.47. The SMILES string of the molecule is O=C(COc1ccccc1C=NNC(=O)c1cccc2ccccc12)Nc1ccc(Cl)c(Cl)c1. The molecule has 0 unspecified atom stereocenters. The average molecular weight is 492 g/mol. The first-order chi connectivity index (χ1) is 16.5. The molecule has 0 fully saturated rings. The van der Waals surface area contributed by atoms with Crippen molar-refractivity contribution in [3.8, 4) is 5.75 Å². The standard InChI is InChI=1S/C26H19Cl2N3O3/c27-22-13-12-19(14-23(22)28)30-25(32)16-34-24-11-4-2-7-18(24)15-29-31-26(33)21-10-5-8-17-6-1-3-9-20(17)21/h1-15H,16H2,(H,30,32)(H,31,33).